The molecule has 0 amide bonds. The number of nitrogens with zero attached hydrogens (tertiary/aromatic N) is 1. The zero-order chi connectivity index (χ0) is 16.3. The molecule has 1 aromatic carbocycles. The molecule has 1 N–H and O–H groups in total. The van der Waals surface area contributed by atoms with Crippen molar-refractivity contribution in [2.45, 2.75) is 63.2 Å². The number of sulfonamides is 1. The van der Waals surface area contributed by atoms with E-state index in [1.165, 1.54) is 32.1 Å². The third kappa shape index (κ3) is 4.14. The molecule has 3 aliphatic carbocycles. The van der Waals surface area contributed by atoms with Crippen molar-refractivity contribution >= 4 is 15.7 Å². The molecule has 2 unspecified atom stereocenters. The van der Waals surface area contributed by atoms with Crippen LogP contribution in [0.2, 0.25) is 0 Å². The number of hydrazone groups is 1. The molecule has 2 bridgehead atoms. The minimum Gasteiger partial charge on any atom is -0.200 e. The first kappa shape index (κ1) is 16.5. The lowest BCUT2D eigenvalue weighted by molar-refractivity contribution is 0.385. The molecule has 0 radical (unpaired) electrons. The second-order valence-electron chi connectivity index (χ2n) is 6.99. The number of hydrogen-bond acceptors (Lipinski definition) is 3. The smallest absolute Gasteiger partial charge is 0.200 e. The summed E-state index contributed by atoms with van der Waals surface area (Å²) in [5, 5.41) is 4.36. The van der Waals surface area contributed by atoms with E-state index >= 15 is 0 Å². The molecular weight excluding hydrogens is 308 g/mol. The molecule has 2 atom stereocenters. The number of hydrogen-bond donors (Lipinski definition) is 1. The first-order valence-electron chi connectivity index (χ1n) is 8.69. The minimum absolute atomic E-state index is 0.278. The summed E-state index contributed by atoms with van der Waals surface area (Å²) < 4.78 is 24.8. The summed E-state index contributed by atoms with van der Waals surface area (Å²) in [6, 6.07) is 6.88. The molecule has 126 valence electrons. The van der Waals surface area contributed by atoms with Crippen LogP contribution in [0.5, 0.6) is 0 Å². The van der Waals surface area contributed by atoms with Gasteiger partial charge in [0.1, 0.15) is 0 Å². The third-order valence-electron chi connectivity index (χ3n) is 5.20. The number of aryl methyl sites for hydroxylation is 1. The van der Waals surface area contributed by atoms with Crippen molar-refractivity contribution in [3.05, 3.63) is 29.8 Å². The standard InChI is InChI=1S/C18H26N2O2S/c1-14-7-11-17(12-8-14)23(21,22)20-19-18-13-15-5-3-2-4-6-16(18)10-9-15/h7-8,11-12,15-16,20H,2-6,9-10,13H2,1H3/b19-18-. The maximum atomic E-state index is 12.4. The molecule has 3 aliphatic rings. The fourth-order valence-corrected chi connectivity index (χ4v) is 4.59. The van der Waals surface area contributed by atoms with Crippen molar-refractivity contribution in [3.8, 4) is 0 Å². The van der Waals surface area contributed by atoms with Gasteiger partial charge in [0.05, 0.1) is 4.90 Å². The first-order chi connectivity index (χ1) is 11.0. The largest absolute Gasteiger partial charge is 0.276 e. The molecule has 4 rings (SSSR count). The number of benzene rings is 1. The van der Waals surface area contributed by atoms with Crippen molar-refractivity contribution in [1.82, 2.24) is 4.83 Å². The van der Waals surface area contributed by atoms with E-state index in [2.05, 4.69) is 9.93 Å². The fraction of sp³-hybridized carbons (Fsp3) is 0.611. The Morgan fingerprint density at radius 1 is 1.00 bits per heavy atom. The summed E-state index contributed by atoms with van der Waals surface area (Å²) in [5.74, 6) is 1.15. The Morgan fingerprint density at radius 2 is 1.74 bits per heavy atom. The fourth-order valence-electron chi connectivity index (χ4n) is 3.75. The minimum atomic E-state index is -3.56. The van der Waals surface area contributed by atoms with Crippen LogP contribution in [0.4, 0.5) is 0 Å². The Labute approximate surface area is 139 Å². The van der Waals surface area contributed by atoms with Gasteiger partial charge >= 0.3 is 0 Å². The Balaban J connectivity index is 1.76. The lowest BCUT2D eigenvalue weighted by Crippen LogP contribution is -2.28. The summed E-state index contributed by atoms with van der Waals surface area (Å²) in [7, 11) is -3.56. The van der Waals surface area contributed by atoms with Crippen LogP contribution in [-0.4, -0.2) is 14.1 Å². The summed E-state index contributed by atoms with van der Waals surface area (Å²) in [4.78, 5) is 2.76. The van der Waals surface area contributed by atoms with Crippen LogP contribution >= 0.6 is 0 Å². The van der Waals surface area contributed by atoms with Gasteiger partial charge in [-0.1, -0.05) is 43.4 Å². The predicted octanol–water partition coefficient (Wildman–Crippen LogP) is 4.01. The second-order valence-corrected chi connectivity index (χ2v) is 8.65. The third-order valence-corrected chi connectivity index (χ3v) is 6.42. The Bertz CT molecular complexity index is 661. The zero-order valence-corrected chi connectivity index (χ0v) is 14.6. The van der Waals surface area contributed by atoms with Gasteiger partial charge < -0.3 is 0 Å². The van der Waals surface area contributed by atoms with Crippen molar-refractivity contribution in [2.75, 3.05) is 0 Å². The van der Waals surface area contributed by atoms with E-state index in [4.69, 9.17) is 0 Å². The Kier molecular flexibility index (Phi) is 5.05. The van der Waals surface area contributed by atoms with Crippen LogP contribution in [0.15, 0.2) is 34.3 Å². The average Bonchev–Trinajstić information content (AvgIpc) is 2.71. The number of fused-ring (bicyclic) bond motifs is 6. The van der Waals surface area contributed by atoms with Gasteiger partial charge in [-0.15, -0.1) is 0 Å². The van der Waals surface area contributed by atoms with E-state index in [0.717, 1.165) is 30.5 Å². The highest BCUT2D eigenvalue weighted by atomic mass is 32.2. The Morgan fingerprint density at radius 3 is 2.52 bits per heavy atom. The summed E-state index contributed by atoms with van der Waals surface area (Å²) in [5.41, 5.74) is 2.11. The molecule has 5 heteroatoms. The van der Waals surface area contributed by atoms with Gasteiger partial charge in [-0.2, -0.15) is 13.5 Å². The highest BCUT2D eigenvalue weighted by Crippen LogP contribution is 2.35. The van der Waals surface area contributed by atoms with Crippen molar-refractivity contribution in [2.24, 2.45) is 16.9 Å². The van der Waals surface area contributed by atoms with Crippen molar-refractivity contribution in [3.63, 3.8) is 0 Å². The topological polar surface area (TPSA) is 58.5 Å². The predicted molar refractivity (Wildman–Crippen MR) is 92.9 cm³/mol. The van der Waals surface area contributed by atoms with Crippen LogP contribution < -0.4 is 4.83 Å². The van der Waals surface area contributed by atoms with Gasteiger partial charge in [0, 0.05) is 5.71 Å². The summed E-state index contributed by atoms with van der Waals surface area (Å²) in [6.07, 6.45) is 9.65. The van der Waals surface area contributed by atoms with Gasteiger partial charge in [-0.05, 0) is 56.6 Å². The van der Waals surface area contributed by atoms with Gasteiger partial charge in [0.25, 0.3) is 10.0 Å². The van der Waals surface area contributed by atoms with Crippen LogP contribution in [-0.2, 0) is 10.0 Å². The average molecular weight is 334 g/mol. The lowest BCUT2D eigenvalue weighted by atomic mass is 9.78. The van der Waals surface area contributed by atoms with Gasteiger partial charge in [-0.3, -0.25) is 0 Å². The van der Waals surface area contributed by atoms with E-state index in [0.29, 0.717) is 11.8 Å². The molecular formula is C18H26N2O2S. The monoisotopic (exact) mass is 334 g/mol. The highest BCUT2D eigenvalue weighted by Gasteiger charge is 2.28. The van der Waals surface area contributed by atoms with Crippen molar-refractivity contribution < 1.29 is 8.42 Å². The van der Waals surface area contributed by atoms with Crippen LogP contribution in [0.3, 0.4) is 0 Å². The molecule has 1 aromatic rings. The van der Waals surface area contributed by atoms with Crippen LogP contribution in [0.1, 0.15) is 56.9 Å². The first-order valence-corrected chi connectivity index (χ1v) is 10.2. The van der Waals surface area contributed by atoms with E-state index in [9.17, 15) is 8.42 Å². The Hall–Kier alpha value is -1.36. The lowest BCUT2D eigenvalue weighted by Gasteiger charge is -2.28. The van der Waals surface area contributed by atoms with Gasteiger partial charge in [0.15, 0.2) is 0 Å². The maximum Gasteiger partial charge on any atom is 0.276 e. The normalized spacial score (nSPS) is 27.3. The van der Waals surface area contributed by atoms with Gasteiger partial charge in [-0.25, -0.2) is 4.83 Å². The quantitative estimate of drug-likeness (QED) is 0.849. The summed E-state index contributed by atoms with van der Waals surface area (Å²) in [6.45, 7) is 1.94. The highest BCUT2D eigenvalue weighted by molar-refractivity contribution is 7.89. The maximum absolute atomic E-state index is 12.4. The van der Waals surface area contributed by atoms with Crippen LogP contribution in [0.25, 0.3) is 0 Å². The molecule has 23 heavy (non-hydrogen) atoms. The van der Waals surface area contributed by atoms with Crippen molar-refractivity contribution in [1.29, 1.82) is 0 Å². The van der Waals surface area contributed by atoms with E-state index in [1.807, 2.05) is 19.1 Å². The molecule has 3 saturated carbocycles. The zero-order valence-electron chi connectivity index (χ0n) is 13.8. The van der Waals surface area contributed by atoms with E-state index < -0.39 is 10.0 Å². The van der Waals surface area contributed by atoms with E-state index in [1.54, 1.807) is 12.1 Å². The molecule has 0 spiro atoms. The SMILES string of the molecule is Cc1ccc(S(=O)(=O)N/N=C2/CC3CCCCCC2CC3)cc1. The second kappa shape index (κ2) is 7.04. The van der Waals surface area contributed by atoms with Crippen LogP contribution in [0, 0.1) is 18.8 Å². The molecule has 0 saturated heterocycles. The molecule has 0 aliphatic heterocycles. The molecule has 0 aromatic heterocycles. The summed E-state index contributed by atoms with van der Waals surface area (Å²) >= 11 is 0. The molecule has 0 heterocycles. The number of nitrogens with one attached hydrogen (secondary N) is 1. The van der Waals surface area contributed by atoms with E-state index in [-0.39, 0.29) is 4.90 Å². The molecule has 4 nitrogen and oxygen atoms in total. The van der Waals surface area contributed by atoms with Gasteiger partial charge in [0.2, 0.25) is 0 Å². The molecule has 3 fully saturated rings. The number of rotatable bonds is 3.